The molecule has 3 N–H and O–H groups in total. The van der Waals surface area contributed by atoms with Gasteiger partial charge in [0.1, 0.15) is 5.69 Å². The number of aromatic amines is 1. The van der Waals surface area contributed by atoms with Gasteiger partial charge in [-0.25, -0.2) is 9.78 Å². The van der Waals surface area contributed by atoms with Gasteiger partial charge in [0, 0.05) is 35.9 Å². The topological polar surface area (TPSA) is 95.3 Å². The molecule has 0 atom stereocenters. The first kappa shape index (κ1) is 13.3. The molecule has 0 spiro atoms. The zero-order chi connectivity index (χ0) is 16.0. The van der Waals surface area contributed by atoms with E-state index >= 15 is 0 Å². The van der Waals surface area contributed by atoms with Crippen LogP contribution in [0.15, 0.2) is 42.9 Å². The van der Waals surface area contributed by atoms with Crippen LogP contribution in [0.3, 0.4) is 0 Å². The second-order valence-corrected chi connectivity index (χ2v) is 5.15. The predicted molar refractivity (Wildman–Crippen MR) is 86.8 cm³/mol. The molecule has 0 bridgehead atoms. The van der Waals surface area contributed by atoms with Crippen LogP contribution in [0.4, 0.5) is 5.82 Å². The Morgan fingerprint density at radius 1 is 1.35 bits per heavy atom. The summed E-state index contributed by atoms with van der Waals surface area (Å²) in [7, 11) is 1.82. The van der Waals surface area contributed by atoms with Crippen LogP contribution in [0.25, 0.3) is 27.8 Å². The summed E-state index contributed by atoms with van der Waals surface area (Å²) in [4.78, 5) is 22.6. The second kappa shape index (κ2) is 4.84. The molecule has 1 aromatic carbocycles. The van der Waals surface area contributed by atoms with E-state index in [4.69, 9.17) is 5.11 Å². The van der Waals surface area contributed by atoms with Gasteiger partial charge in [-0.05, 0) is 18.2 Å². The highest BCUT2D eigenvalue weighted by molar-refractivity contribution is 5.95. The number of nitrogens with zero attached hydrogens (tertiary/aromatic N) is 3. The molecule has 114 valence electrons. The van der Waals surface area contributed by atoms with E-state index in [0.29, 0.717) is 0 Å². The summed E-state index contributed by atoms with van der Waals surface area (Å²) in [6, 6.07) is 7.39. The number of carboxylic acid groups (broad SMARTS) is 1. The van der Waals surface area contributed by atoms with Crippen molar-refractivity contribution in [2.75, 3.05) is 12.4 Å². The minimum absolute atomic E-state index is 0.174. The maximum atomic E-state index is 11.1. The number of anilines is 1. The SMILES string of the molecule is CNc1nc2cnccn2c1-c1ccc2[nH]c(C(=O)O)cc2c1. The van der Waals surface area contributed by atoms with Crippen molar-refractivity contribution in [2.45, 2.75) is 0 Å². The van der Waals surface area contributed by atoms with E-state index in [-0.39, 0.29) is 5.69 Å². The molecule has 7 heteroatoms. The van der Waals surface area contributed by atoms with E-state index in [1.54, 1.807) is 18.5 Å². The molecular formula is C16H13N5O2. The molecule has 0 aliphatic heterocycles. The maximum Gasteiger partial charge on any atom is 0.352 e. The summed E-state index contributed by atoms with van der Waals surface area (Å²) in [6.45, 7) is 0. The number of carboxylic acids is 1. The molecule has 3 heterocycles. The van der Waals surface area contributed by atoms with Crippen molar-refractivity contribution in [3.8, 4) is 11.3 Å². The van der Waals surface area contributed by atoms with Crippen molar-refractivity contribution in [3.05, 3.63) is 48.5 Å². The number of H-pyrrole nitrogens is 1. The summed E-state index contributed by atoms with van der Waals surface area (Å²) >= 11 is 0. The Hall–Kier alpha value is -3.35. The molecule has 4 aromatic rings. The number of aromatic nitrogens is 4. The first-order valence-corrected chi connectivity index (χ1v) is 7.03. The lowest BCUT2D eigenvalue weighted by Crippen LogP contribution is -1.94. The van der Waals surface area contributed by atoms with Gasteiger partial charge in [-0.2, -0.15) is 0 Å². The number of hydrogen-bond donors (Lipinski definition) is 3. The quantitative estimate of drug-likeness (QED) is 0.541. The lowest BCUT2D eigenvalue weighted by molar-refractivity contribution is 0.0691. The van der Waals surface area contributed by atoms with E-state index in [0.717, 1.165) is 33.6 Å². The first-order valence-electron chi connectivity index (χ1n) is 7.03. The Morgan fingerprint density at radius 3 is 3.00 bits per heavy atom. The van der Waals surface area contributed by atoms with Gasteiger partial charge < -0.3 is 15.4 Å². The Morgan fingerprint density at radius 2 is 2.22 bits per heavy atom. The second-order valence-electron chi connectivity index (χ2n) is 5.15. The molecule has 0 fully saturated rings. The number of hydrogen-bond acceptors (Lipinski definition) is 4. The fourth-order valence-corrected chi connectivity index (χ4v) is 2.75. The number of nitrogens with one attached hydrogen (secondary N) is 2. The van der Waals surface area contributed by atoms with E-state index in [1.807, 2.05) is 35.8 Å². The molecule has 7 nitrogen and oxygen atoms in total. The highest BCUT2D eigenvalue weighted by Gasteiger charge is 2.15. The number of carbonyl (C=O) groups is 1. The van der Waals surface area contributed by atoms with Gasteiger partial charge in [0.05, 0.1) is 11.9 Å². The fraction of sp³-hybridized carbons (Fsp3) is 0.0625. The highest BCUT2D eigenvalue weighted by atomic mass is 16.4. The summed E-state index contributed by atoms with van der Waals surface area (Å²) in [6.07, 6.45) is 5.25. The third-order valence-electron chi connectivity index (χ3n) is 3.79. The van der Waals surface area contributed by atoms with Gasteiger partial charge in [0.2, 0.25) is 0 Å². The molecular weight excluding hydrogens is 294 g/mol. The largest absolute Gasteiger partial charge is 0.477 e. The molecule has 3 aromatic heterocycles. The van der Waals surface area contributed by atoms with E-state index in [9.17, 15) is 4.79 Å². The molecule has 23 heavy (non-hydrogen) atoms. The summed E-state index contributed by atoms with van der Waals surface area (Å²) in [5.74, 6) is -0.231. The monoisotopic (exact) mass is 307 g/mol. The molecule has 0 amide bonds. The Labute approximate surface area is 130 Å². The van der Waals surface area contributed by atoms with E-state index < -0.39 is 5.97 Å². The Kier molecular flexibility index (Phi) is 2.80. The standard InChI is InChI=1S/C16H13N5O2/c1-17-15-14(21-5-4-18-8-13(21)20-15)9-2-3-11-10(6-9)7-12(19-11)16(22)23/h2-8,17,19H,1H3,(H,22,23). The van der Waals surface area contributed by atoms with Crippen LogP contribution in [-0.4, -0.2) is 37.5 Å². The Balaban J connectivity index is 1.96. The van der Waals surface area contributed by atoms with Crippen LogP contribution in [0, 0.1) is 0 Å². The van der Waals surface area contributed by atoms with E-state index in [2.05, 4.69) is 20.3 Å². The zero-order valence-corrected chi connectivity index (χ0v) is 12.2. The first-order chi connectivity index (χ1) is 11.2. The smallest absolute Gasteiger partial charge is 0.352 e. The predicted octanol–water partition coefficient (Wildman–Crippen LogP) is 2.62. The normalized spacial score (nSPS) is 11.2. The number of imidazole rings is 1. The summed E-state index contributed by atoms with van der Waals surface area (Å²) in [5.41, 5.74) is 3.55. The van der Waals surface area contributed by atoms with Crippen LogP contribution in [-0.2, 0) is 0 Å². The third kappa shape index (κ3) is 2.02. The fourth-order valence-electron chi connectivity index (χ4n) is 2.75. The Bertz CT molecular complexity index is 1050. The van der Waals surface area contributed by atoms with Crippen molar-refractivity contribution in [2.24, 2.45) is 0 Å². The van der Waals surface area contributed by atoms with Crippen LogP contribution in [0.1, 0.15) is 10.5 Å². The van der Waals surface area contributed by atoms with Gasteiger partial charge in [0.25, 0.3) is 0 Å². The van der Waals surface area contributed by atoms with Gasteiger partial charge in [-0.3, -0.25) is 9.38 Å². The molecule has 0 radical (unpaired) electrons. The van der Waals surface area contributed by atoms with Crippen LogP contribution in [0.2, 0.25) is 0 Å². The summed E-state index contributed by atoms with van der Waals surface area (Å²) in [5, 5.41) is 13.0. The van der Waals surface area contributed by atoms with Crippen LogP contribution >= 0.6 is 0 Å². The van der Waals surface area contributed by atoms with Gasteiger partial charge in [-0.15, -0.1) is 0 Å². The molecule has 0 unspecified atom stereocenters. The van der Waals surface area contributed by atoms with Crippen molar-refractivity contribution in [1.82, 2.24) is 19.4 Å². The number of rotatable bonds is 3. The van der Waals surface area contributed by atoms with Crippen molar-refractivity contribution < 1.29 is 9.90 Å². The average molecular weight is 307 g/mol. The maximum absolute atomic E-state index is 11.1. The van der Waals surface area contributed by atoms with Gasteiger partial charge in [-0.1, -0.05) is 6.07 Å². The van der Waals surface area contributed by atoms with Crippen molar-refractivity contribution in [3.63, 3.8) is 0 Å². The van der Waals surface area contributed by atoms with Crippen molar-refractivity contribution >= 4 is 28.3 Å². The van der Waals surface area contributed by atoms with E-state index in [1.165, 1.54) is 0 Å². The minimum Gasteiger partial charge on any atom is -0.477 e. The number of benzene rings is 1. The average Bonchev–Trinajstić information content (AvgIpc) is 3.14. The molecule has 0 saturated heterocycles. The third-order valence-corrected chi connectivity index (χ3v) is 3.79. The van der Waals surface area contributed by atoms with Crippen LogP contribution < -0.4 is 5.32 Å². The zero-order valence-electron chi connectivity index (χ0n) is 12.2. The lowest BCUT2D eigenvalue weighted by Gasteiger charge is -2.05. The minimum atomic E-state index is -0.973. The van der Waals surface area contributed by atoms with Gasteiger partial charge in [0.15, 0.2) is 11.5 Å². The lowest BCUT2D eigenvalue weighted by atomic mass is 10.1. The highest BCUT2D eigenvalue weighted by Crippen LogP contribution is 2.31. The van der Waals surface area contributed by atoms with Crippen molar-refractivity contribution in [1.29, 1.82) is 0 Å². The summed E-state index contributed by atoms with van der Waals surface area (Å²) < 4.78 is 1.95. The van der Waals surface area contributed by atoms with Crippen LogP contribution in [0.5, 0.6) is 0 Å². The molecule has 4 rings (SSSR count). The molecule has 0 saturated carbocycles. The van der Waals surface area contributed by atoms with Gasteiger partial charge >= 0.3 is 5.97 Å². The number of fused-ring (bicyclic) bond motifs is 2. The molecule has 0 aliphatic carbocycles. The number of aromatic carboxylic acids is 1. The molecule has 0 aliphatic rings.